The highest BCUT2D eigenvalue weighted by Crippen LogP contribution is 2.30. The summed E-state index contributed by atoms with van der Waals surface area (Å²) in [5, 5.41) is 4.57. The van der Waals surface area contributed by atoms with Crippen molar-refractivity contribution < 1.29 is 9.53 Å². The first-order valence-electron chi connectivity index (χ1n) is 7.90. The fourth-order valence-electron chi connectivity index (χ4n) is 3.13. The van der Waals surface area contributed by atoms with Gasteiger partial charge in [0.05, 0.1) is 25.8 Å². The Hall–Kier alpha value is -1.40. The molecule has 0 aromatic carbocycles. The predicted molar refractivity (Wildman–Crippen MR) is 85.4 cm³/mol. The van der Waals surface area contributed by atoms with Gasteiger partial charge in [0, 0.05) is 24.3 Å². The van der Waals surface area contributed by atoms with Crippen LogP contribution in [0.25, 0.3) is 0 Å². The Morgan fingerprint density at radius 3 is 2.77 bits per heavy atom. The van der Waals surface area contributed by atoms with E-state index < -0.39 is 0 Å². The van der Waals surface area contributed by atoms with E-state index in [4.69, 9.17) is 10.5 Å². The molecule has 1 aromatic heterocycles. The van der Waals surface area contributed by atoms with Crippen molar-refractivity contribution in [2.45, 2.75) is 46.7 Å². The number of rotatable bonds is 6. The average Bonchev–Trinajstić information content (AvgIpc) is 3.01. The summed E-state index contributed by atoms with van der Waals surface area (Å²) in [7, 11) is 1.41. The van der Waals surface area contributed by atoms with Crippen LogP contribution in [-0.2, 0) is 22.6 Å². The number of aryl methyl sites for hydroxylation is 2. The van der Waals surface area contributed by atoms with E-state index in [1.807, 2.05) is 11.6 Å². The number of methoxy groups -OCH3 is 1. The minimum absolute atomic E-state index is 0.202. The molecule has 2 heterocycles. The Morgan fingerprint density at radius 2 is 2.18 bits per heavy atom. The van der Waals surface area contributed by atoms with Gasteiger partial charge in [0.1, 0.15) is 0 Å². The molecule has 6 nitrogen and oxygen atoms in total. The van der Waals surface area contributed by atoms with E-state index in [2.05, 4.69) is 23.8 Å². The van der Waals surface area contributed by atoms with Crippen LogP contribution in [0.2, 0.25) is 0 Å². The van der Waals surface area contributed by atoms with Crippen molar-refractivity contribution >= 4 is 5.97 Å². The number of hydrogen-bond donors (Lipinski definition) is 1. The second-order valence-electron chi connectivity index (χ2n) is 6.67. The largest absolute Gasteiger partial charge is 0.469 e. The first-order valence-corrected chi connectivity index (χ1v) is 7.90. The summed E-state index contributed by atoms with van der Waals surface area (Å²) in [6, 6.07) is 0. The van der Waals surface area contributed by atoms with Crippen LogP contribution >= 0.6 is 0 Å². The summed E-state index contributed by atoms with van der Waals surface area (Å²) in [5.41, 5.74) is 9.58. The average molecular weight is 308 g/mol. The monoisotopic (exact) mass is 308 g/mol. The standard InChI is InChI=1S/C16H28N4O2/c1-12-14(9-19-8-6-16(3,10-17)11-19)13(2)20(18-12)7-5-15(21)22-4/h5-11,17H2,1-4H3. The Bertz CT molecular complexity index is 540. The number of ether oxygens (including phenoxy) is 1. The Morgan fingerprint density at radius 1 is 1.45 bits per heavy atom. The maximum atomic E-state index is 11.3. The predicted octanol–water partition coefficient (Wildman–Crippen LogP) is 1.23. The second-order valence-corrected chi connectivity index (χ2v) is 6.67. The highest BCUT2D eigenvalue weighted by Gasteiger charge is 2.33. The van der Waals surface area contributed by atoms with Crippen LogP contribution in [-0.4, -0.2) is 47.4 Å². The quantitative estimate of drug-likeness (QED) is 0.800. The molecule has 1 fully saturated rings. The zero-order chi connectivity index (χ0) is 16.3. The van der Waals surface area contributed by atoms with E-state index in [9.17, 15) is 4.79 Å². The van der Waals surface area contributed by atoms with Gasteiger partial charge in [0.15, 0.2) is 0 Å². The molecule has 0 bridgehead atoms. The lowest BCUT2D eigenvalue weighted by Gasteiger charge is -2.22. The van der Waals surface area contributed by atoms with E-state index in [0.717, 1.165) is 44.0 Å². The first kappa shape index (κ1) is 17.0. The van der Waals surface area contributed by atoms with Crippen molar-refractivity contribution in [1.29, 1.82) is 0 Å². The van der Waals surface area contributed by atoms with Gasteiger partial charge >= 0.3 is 5.97 Å². The molecular weight excluding hydrogens is 280 g/mol. The molecule has 124 valence electrons. The number of nitrogens with zero attached hydrogens (tertiary/aromatic N) is 3. The topological polar surface area (TPSA) is 73.4 Å². The molecule has 2 N–H and O–H groups in total. The number of hydrogen-bond acceptors (Lipinski definition) is 5. The molecule has 1 aliphatic heterocycles. The summed E-state index contributed by atoms with van der Waals surface area (Å²) < 4.78 is 6.61. The number of aromatic nitrogens is 2. The zero-order valence-corrected chi connectivity index (χ0v) is 14.2. The van der Waals surface area contributed by atoms with Crippen molar-refractivity contribution in [3.05, 3.63) is 17.0 Å². The molecule has 0 aliphatic carbocycles. The van der Waals surface area contributed by atoms with Gasteiger partial charge in [0.2, 0.25) is 0 Å². The van der Waals surface area contributed by atoms with E-state index in [0.29, 0.717) is 13.0 Å². The summed E-state index contributed by atoms with van der Waals surface area (Å²) in [5.74, 6) is -0.202. The second kappa shape index (κ2) is 6.79. The minimum Gasteiger partial charge on any atom is -0.469 e. The van der Waals surface area contributed by atoms with Gasteiger partial charge in [-0.05, 0) is 38.8 Å². The van der Waals surface area contributed by atoms with E-state index in [1.54, 1.807) is 0 Å². The Labute approximate surface area is 132 Å². The molecule has 2 rings (SSSR count). The van der Waals surface area contributed by atoms with Gasteiger partial charge in [-0.1, -0.05) is 6.92 Å². The molecule has 1 aromatic rings. The van der Waals surface area contributed by atoms with Crippen LogP contribution in [0.3, 0.4) is 0 Å². The zero-order valence-electron chi connectivity index (χ0n) is 14.2. The number of nitrogens with two attached hydrogens (primary N) is 1. The maximum Gasteiger partial charge on any atom is 0.307 e. The number of carbonyl (C=O) groups is 1. The molecule has 0 amide bonds. The van der Waals surface area contributed by atoms with Gasteiger partial charge in [-0.3, -0.25) is 14.4 Å². The highest BCUT2D eigenvalue weighted by molar-refractivity contribution is 5.68. The molecule has 0 radical (unpaired) electrons. The van der Waals surface area contributed by atoms with Crippen molar-refractivity contribution in [2.75, 3.05) is 26.7 Å². The maximum absolute atomic E-state index is 11.3. The summed E-state index contributed by atoms with van der Waals surface area (Å²) in [4.78, 5) is 13.7. The van der Waals surface area contributed by atoms with Crippen LogP contribution in [0.1, 0.15) is 36.7 Å². The highest BCUT2D eigenvalue weighted by atomic mass is 16.5. The van der Waals surface area contributed by atoms with Gasteiger partial charge in [0.25, 0.3) is 0 Å². The lowest BCUT2D eigenvalue weighted by Crippen LogP contribution is -2.31. The van der Waals surface area contributed by atoms with Crippen LogP contribution < -0.4 is 5.73 Å². The fraction of sp³-hybridized carbons (Fsp3) is 0.750. The van der Waals surface area contributed by atoms with E-state index >= 15 is 0 Å². The number of carbonyl (C=O) groups excluding carboxylic acids is 1. The molecule has 1 unspecified atom stereocenters. The van der Waals surface area contributed by atoms with Crippen LogP contribution in [0.4, 0.5) is 0 Å². The molecule has 0 spiro atoms. The summed E-state index contributed by atoms with van der Waals surface area (Å²) >= 11 is 0. The van der Waals surface area contributed by atoms with Gasteiger partial charge in [-0.25, -0.2) is 0 Å². The van der Waals surface area contributed by atoms with Crippen molar-refractivity contribution in [3.63, 3.8) is 0 Å². The third kappa shape index (κ3) is 3.67. The molecule has 1 aliphatic rings. The van der Waals surface area contributed by atoms with E-state index in [-0.39, 0.29) is 11.4 Å². The van der Waals surface area contributed by atoms with Gasteiger partial charge in [-0.15, -0.1) is 0 Å². The SMILES string of the molecule is COC(=O)CCn1nc(C)c(CN2CCC(C)(CN)C2)c1C. The molecule has 0 saturated carbocycles. The molecule has 1 saturated heterocycles. The molecule has 22 heavy (non-hydrogen) atoms. The van der Waals surface area contributed by atoms with Crippen molar-refractivity contribution in [2.24, 2.45) is 11.1 Å². The van der Waals surface area contributed by atoms with Crippen LogP contribution in [0.5, 0.6) is 0 Å². The number of esters is 1. The minimum atomic E-state index is -0.202. The lowest BCUT2D eigenvalue weighted by atomic mass is 9.90. The third-order valence-electron chi connectivity index (χ3n) is 4.80. The fourth-order valence-corrected chi connectivity index (χ4v) is 3.13. The normalized spacial score (nSPS) is 22.2. The van der Waals surface area contributed by atoms with Crippen LogP contribution in [0.15, 0.2) is 0 Å². The smallest absolute Gasteiger partial charge is 0.307 e. The molecule has 1 atom stereocenters. The Kier molecular flexibility index (Phi) is 5.24. The Balaban J connectivity index is 2.03. The van der Waals surface area contributed by atoms with Crippen molar-refractivity contribution in [3.8, 4) is 0 Å². The van der Waals surface area contributed by atoms with E-state index in [1.165, 1.54) is 12.7 Å². The summed E-state index contributed by atoms with van der Waals surface area (Å²) in [6.45, 7) is 10.7. The van der Waals surface area contributed by atoms with Gasteiger partial charge < -0.3 is 10.5 Å². The third-order valence-corrected chi connectivity index (χ3v) is 4.80. The summed E-state index contributed by atoms with van der Waals surface area (Å²) in [6.07, 6.45) is 1.50. The molecule has 6 heteroatoms. The van der Waals surface area contributed by atoms with Crippen LogP contribution in [0, 0.1) is 19.3 Å². The first-order chi connectivity index (χ1) is 10.4. The molecular formula is C16H28N4O2. The van der Waals surface area contributed by atoms with Gasteiger partial charge in [-0.2, -0.15) is 5.10 Å². The lowest BCUT2D eigenvalue weighted by molar-refractivity contribution is -0.140. The van der Waals surface area contributed by atoms with Crippen molar-refractivity contribution in [1.82, 2.24) is 14.7 Å². The number of likely N-dealkylation sites (tertiary alicyclic amines) is 1.